The van der Waals surface area contributed by atoms with Gasteiger partial charge in [0.05, 0.1) is 11.9 Å². The van der Waals surface area contributed by atoms with Gasteiger partial charge in [-0.05, 0) is 44.9 Å². The molecule has 0 saturated heterocycles. The van der Waals surface area contributed by atoms with Crippen molar-refractivity contribution in [3.63, 3.8) is 0 Å². The van der Waals surface area contributed by atoms with E-state index in [9.17, 15) is 9.59 Å². The van der Waals surface area contributed by atoms with Crippen molar-refractivity contribution in [1.82, 2.24) is 9.97 Å². The van der Waals surface area contributed by atoms with Crippen LogP contribution in [0.5, 0.6) is 0 Å². The number of nitrogen functional groups attached to an aromatic ring is 1. The summed E-state index contributed by atoms with van der Waals surface area (Å²) >= 11 is 1.16. The van der Waals surface area contributed by atoms with Crippen LogP contribution in [0.2, 0.25) is 0 Å². The number of nitrogens with two attached hydrogens (primary N) is 1. The largest absolute Gasteiger partial charge is 0.462 e. The van der Waals surface area contributed by atoms with Crippen LogP contribution in [0.1, 0.15) is 35.3 Å². The molecular formula is C18H22N4O3S. The van der Waals surface area contributed by atoms with Gasteiger partial charge in [-0.15, -0.1) is 0 Å². The first-order chi connectivity index (χ1) is 12.3. The fourth-order valence-electron chi connectivity index (χ4n) is 2.12. The molecule has 0 radical (unpaired) electrons. The van der Waals surface area contributed by atoms with E-state index in [2.05, 4.69) is 15.3 Å². The molecule has 0 fully saturated rings. The van der Waals surface area contributed by atoms with Crippen LogP contribution in [-0.2, 0) is 9.53 Å². The zero-order valence-electron chi connectivity index (χ0n) is 15.2. The standard InChI is InChI=1S/C18H22N4O3S/c1-5-25-17(24)13-9-20-18(22-15(13)19)26-12(4)16(23)21-14-8-10(2)6-7-11(14)3/h6-9,12H,5H2,1-4H3,(H,21,23)(H2,19,20,22). The molecule has 1 unspecified atom stereocenters. The van der Waals surface area contributed by atoms with Gasteiger partial charge < -0.3 is 15.8 Å². The fourth-order valence-corrected chi connectivity index (χ4v) is 2.86. The number of carbonyl (C=O) groups is 2. The summed E-state index contributed by atoms with van der Waals surface area (Å²) in [6.45, 7) is 7.60. The number of aromatic nitrogens is 2. The Morgan fingerprint density at radius 2 is 2.08 bits per heavy atom. The molecule has 3 N–H and O–H groups in total. The molecule has 0 bridgehead atoms. The van der Waals surface area contributed by atoms with Crippen molar-refractivity contribution in [3.8, 4) is 0 Å². The Bertz CT molecular complexity index is 826. The van der Waals surface area contributed by atoms with Crippen LogP contribution in [0.4, 0.5) is 11.5 Å². The maximum absolute atomic E-state index is 12.4. The lowest BCUT2D eigenvalue weighted by atomic mass is 10.1. The van der Waals surface area contributed by atoms with Gasteiger partial charge in [-0.25, -0.2) is 14.8 Å². The van der Waals surface area contributed by atoms with E-state index in [-0.39, 0.29) is 23.9 Å². The van der Waals surface area contributed by atoms with E-state index >= 15 is 0 Å². The highest BCUT2D eigenvalue weighted by atomic mass is 32.2. The number of rotatable bonds is 6. The number of ether oxygens (including phenoxy) is 1. The molecule has 26 heavy (non-hydrogen) atoms. The number of hydrogen-bond donors (Lipinski definition) is 2. The Labute approximate surface area is 156 Å². The molecule has 8 heteroatoms. The topological polar surface area (TPSA) is 107 Å². The monoisotopic (exact) mass is 374 g/mol. The molecular weight excluding hydrogens is 352 g/mol. The van der Waals surface area contributed by atoms with E-state index in [0.29, 0.717) is 5.16 Å². The number of benzene rings is 1. The molecule has 2 rings (SSSR count). The zero-order chi connectivity index (χ0) is 19.3. The van der Waals surface area contributed by atoms with E-state index in [4.69, 9.17) is 10.5 Å². The van der Waals surface area contributed by atoms with Crippen molar-refractivity contribution in [2.45, 2.75) is 38.1 Å². The summed E-state index contributed by atoms with van der Waals surface area (Å²) in [4.78, 5) is 32.3. The number of carbonyl (C=O) groups excluding carboxylic acids is 2. The Kier molecular flexibility index (Phi) is 6.57. The smallest absolute Gasteiger partial charge is 0.343 e. The lowest BCUT2D eigenvalue weighted by Crippen LogP contribution is -2.23. The van der Waals surface area contributed by atoms with Crippen LogP contribution < -0.4 is 11.1 Å². The molecule has 2 aromatic rings. The number of nitrogens with zero attached hydrogens (tertiary/aromatic N) is 2. The maximum atomic E-state index is 12.4. The van der Waals surface area contributed by atoms with E-state index in [1.807, 2.05) is 32.0 Å². The van der Waals surface area contributed by atoms with Crippen molar-refractivity contribution in [3.05, 3.63) is 41.1 Å². The first-order valence-corrected chi connectivity index (χ1v) is 9.04. The molecule has 0 aliphatic carbocycles. The summed E-state index contributed by atoms with van der Waals surface area (Å²) in [7, 11) is 0. The predicted octanol–water partition coefficient (Wildman–Crippen LogP) is 2.97. The molecule has 7 nitrogen and oxygen atoms in total. The van der Waals surface area contributed by atoms with Crippen molar-refractivity contribution < 1.29 is 14.3 Å². The third kappa shape index (κ3) is 4.95. The Balaban J connectivity index is 2.05. The summed E-state index contributed by atoms with van der Waals surface area (Å²) in [5, 5.41) is 2.79. The second kappa shape index (κ2) is 8.66. The highest BCUT2D eigenvalue weighted by molar-refractivity contribution is 8.00. The van der Waals surface area contributed by atoms with Gasteiger partial charge in [-0.2, -0.15) is 0 Å². The number of nitrogens with one attached hydrogen (secondary N) is 1. The number of amides is 1. The molecule has 0 spiro atoms. The summed E-state index contributed by atoms with van der Waals surface area (Å²) in [6.07, 6.45) is 1.32. The summed E-state index contributed by atoms with van der Waals surface area (Å²) < 4.78 is 4.89. The Morgan fingerprint density at radius 1 is 1.35 bits per heavy atom. The lowest BCUT2D eigenvalue weighted by Gasteiger charge is -2.14. The minimum Gasteiger partial charge on any atom is -0.462 e. The zero-order valence-corrected chi connectivity index (χ0v) is 16.0. The molecule has 1 atom stereocenters. The molecule has 1 heterocycles. The van der Waals surface area contributed by atoms with Gasteiger partial charge in [-0.3, -0.25) is 4.79 Å². The van der Waals surface area contributed by atoms with Gasteiger partial charge in [0.2, 0.25) is 5.91 Å². The fraction of sp³-hybridized carbons (Fsp3) is 0.333. The van der Waals surface area contributed by atoms with E-state index < -0.39 is 11.2 Å². The molecule has 0 aliphatic heterocycles. The quantitative estimate of drug-likeness (QED) is 0.455. The Morgan fingerprint density at radius 3 is 2.73 bits per heavy atom. The van der Waals surface area contributed by atoms with Crippen LogP contribution in [0.25, 0.3) is 0 Å². The highest BCUT2D eigenvalue weighted by Gasteiger charge is 2.19. The number of esters is 1. The second-order valence-corrected chi connectivity index (χ2v) is 7.05. The van der Waals surface area contributed by atoms with Crippen LogP contribution in [0, 0.1) is 13.8 Å². The van der Waals surface area contributed by atoms with E-state index in [0.717, 1.165) is 28.6 Å². The molecule has 1 aromatic heterocycles. The molecule has 138 valence electrons. The van der Waals surface area contributed by atoms with Gasteiger partial charge in [0, 0.05) is 11.9 Å². The van der Waals surface area contributed by atoms with E-state index in [1.54, 1.807) is 13.8 Å². The number of thioether (sulfide) groups is 1. The van der Waals surface area contributed by atoms with Gasteiger partial charge in [0.1, 0.15) is 11.4 Å². The van der Waals surface area contributed by atoms with Gasteiger partial charge >= 0.3 is 5.97 Å². The van der Waals surface area contributed by atoms with E-state index in [1.165, 1.54) is 6.20 Å². The van der Waals surface area contributed by atoms with Crippen molar-refractivity contribution in [2.75, 3.05) is 17.7 Å². The molecule has 0 saturated carbocycles. The van der Waals surface area contributed by atoms with Crippen molar-refractivity contribution >= 4 is 35.1 Å². The molecule has 1 aromatic carbocycles. The highest BCUT2D eigenvalue weighted by Crippen LogP contribution is 2.24. The van der Waals surface area contributed by atoms with Crippen LogP contribution in [-0.4, -0.2) is 33.7 Å². The number of anilines is 2. The van der Waals surface area contributed by atoms with Crippen LogP contribution in [0.15, 0.2) is 29.6 Å². The minimum atomic E-state index is -0.567. The van der Waals surface area contributed by atoms with Crippen LogP contribution >= 0.6 is 11.8 Å². The summed E-state index contributed by atoms with van der Waals surface area (Å²) in [5.41, 5.74) is 8.74. The van der Waals surface area contributed by atoms with Gasteiger partial charge in [0.15, 0.2) is 5.16 Å². The summed E-state index contributed by atoms with van der Waals surface area (Å²) in [5.74, 6) is -0.703. The maximum Gasteiger partial charge on any atom is 0.343 e. The first kappa shape index (κ1) is 19.7. The first-order valence-electron chi connectivity index (χ1n) is 8.16. The Hall–Kier alpha value is -2.61. The predicted molar refractivity (Wildman–Crippen MR) is 102 cm³/mol. The minimum absolute atomic E-state index is 0.0306. The van der Waals surface area contributed by atoms with Crippen molar-refractivity contribution in [1.29, 1.82) is 0 Å². The normalized spacial score (nSPS) is 11.7. The molecule has 1 amide bonds. The summed E-state index contributed by atoms with van der Waals surface area (Å²) in [6, 6.07) is 5.87. The van der Waals surface area contributed by atoms with Gasteiger partial charge in [-0.1, -0.05) is 23.9 Å². The van der Waals surface area contributed by atoms with Gasteiger partial charge in [0.25, 0.3) is 0 Å². The molecule has 0 aliphatic rings. The van der Waals surface area contributed by atoms with Crippen LogP contribution in [0.3, 0.4) is 0 Å². The average molecular weight is 374 g/mol. The number of hydrogen-bond acceptors (Lipinski definition) is 7. The second-order valence-electron chi connectivity index (χ2n) is 5.74. The van der Waals surface area contributed by atoms with Crippen molar-refractivity contribution in [2.24, 2.45) is 0 Å². The third-order valence-electron chi connectivity index (χ3n) is 3.59. The SMILES string of the molecule is CCOC(=O)c1cnc(SC(C)C(=O)Nc2cc(C)ccc2C)nc1N. The third-order valence-corrected chi connectivity index (χ3v) is 4.57. The average Bonchev–Trinajstić information content (AvgIpc) is 2.58. The lowest BCUT2D eigenvalue weighted by molar-refractivity contribution is -0.115. The number of aryl methyl sites for hydroxylation is 2.